The lowest BCUT2D eigenvalue weighted by atomic mass is 10.1. The standard InChI is InChI=1S/C29H29F3N6O3/c1-18-6-7-19(12-26(18)38-17-25(35-36-38)20-11-23(40-2)15-33-14-20)28(39)34-24-13-22(29(30,31)32)10-21(27(24)41-3)16-37-8-4-5-9-37/h6-7,10-15,17H,4-5,8-9,16H2,1-3H3,(H,34,39). The Morgan fingerprint density at radius 2 is 1.83 bits per heavy atom. The molecule has 214 valence electrons. The molecule has 1 saturated heterocycles. The number of hydrogen-bond donors (Lipinski definition) is 1. The number of pyridine rings is 1. The number of methoxy groups -OCH3 is 2. The molecule has 2 aromatic heterocycles. The average Bonchev–Trinajstić information content (AvgIpc) is 3.65. The van der Waals surface area contributed by atoms with Gasteiger partial charge >= 0.3 is 6.18 Å². The van der Waals surface area contributed by atoms with Crippen molar-refractivity contribution in [3.63, 3.8) is 0 Å². The summed E-state index contributed by atoms with van der Waals surface area (Å²) in [6.45, 7) is 3.74. The third kappa shape index (κ3) is 6.17. The highest BCUT2D eigenvalue weighted by molar-refractivity contribution is 6.05. The number of ether oxygens (including phenoxy) is 2. The third-order valence-electron chi connectivity index (χ3n) is 6.99. The van der Waals surface area contributed by atoms with E-state index in [1.807, 2.05) is 6.92 Å². The third-order valence-corrected chi connectivity index (χ3v) is 6.99. The Labute approximate surface area is 234 Å². The quantitative estimate of drug-likeness (QED) is 0.300. The SMILES string of the molecule is COc1cncc(-c2cn(-c3cc(C(=O)Nc4cc(C(F)(F)F)cc(CN5CCCC5)c4OC)ccc3C)nn2)c1. The van der Waals surface area contributed by atoms with E-state index >= 15 is 0 Å². The second kappa shape index (κ2) is 11.6. The lowest BCUT2D eigenvalue weighted by Gasteiger charge is -2.21. The maximum absolute atomic E-state index is 13.8. The number of nitrogens with zero attached hydrogens (tertiary/aromatic N) is 5. The molecule has 5 rings (SSSR count). The molecule has 41 heavy (non-hydrogen) atoms. The number of likely N-dealkylation sites (tertiary alicyclic amines) is 1. The molecule has 1 aliphatic rings. The van der Waals surface area contributed by atoms with Crippen LogP contribution in [-0.2, 0) is 12.7 Å². The minimum atomic E-state index is -4.59. The van der Waals surface area contributed by atoms with E-state index in [1.165, 1.54) is 11.8 Å². The van der Waals surface area contributed by atoms with Crippen LogP contribution in [0.2, 0.25) is 0 Å². The number of amides is 1. The largest absolute Gasteiger partial charge is 0.495 e. The molecule has 0 bridgehead atoms. The van der Waals surface area contributed by atoms with Crippen molar-refractivity contribution in [2.24, 2.45) is 0 Å². The second-order valence-corrected chi connectivity index (χ2v) is 9.81. The Bertz CT molecular complexity index is 1560. The summed E-state index contributed by atoms with van der Waals surface area (Å²) in [4.78, 5) is 19.6. The fraction of sp³-hybridized carbons (Fsp3) is 0.310. The Kier molecular flexibility index (Phi) is 7.93. The Morgan fingerprint density at radius 3 is 2.54 bits per heavy atom. The first kappa shape index (κ1) is 28.1. The monoisotopic (exact) mass is 566 g/mol. The van der Waals surface area contributed by atoms with E-state index in [-0.39, 0.29) is 17.0 Å². The maximum atomic E-state index is 13.8. The molecule has 9 nitrogen and oxygen atoms in total. The molecule has 2 aromatic carbocycles. The van der Waals surface area contributed by atoms with Gasteiger partial charge in [0, 0.05) is 29.4 Å². The molecular formula is C29H29F3N6O3. The average molecular weight is 567 g/mol. The minimum Gasteiger partial charge on any atom is -0.495 e. The number of rotatable bonds is 8. The number of carbonyl (C=O) groups excluding carboxylic acids is 1. The summed E-state index contributed by atoms with van der Waals surface area (Å²) in [5, 5.41) is 11.1. The van der Waals surface area contributed by atoms with Crippen molar-refractivity contribution < 1.29 is 27.4 Å². The molecule has 0 atom stereocenters. The fourth-order valence-electron chi connectivity index (χ4n) is 4.86. The first-order valence-electron chi connectivity index (χ1n) is 13.0. The number of alkyl halides is 3. The van der Waals surface area contributed by atoms with Crippen molar-refractivity contribution in [1.82, 2.24) is 24.9 Å². The molecule has 1 aliphatic heterocycles. The van der Waals surface area contributed by atoms with E-state index in [0.717, 1.165) is 43.6 Å². The van der Waals surface area contributed by atoms with Gasteiger partial charge in [0.25, 0.3) is 5.91 Å². The number of anilines is 1. The number of aryl methyl sites for hydroxylation is 1. The molecule has 1 N–H and O–H groups in total. The molecule has 0 spiro atoms. The van der Waals surface area contributed by atoms with Gasteiger partial charge in [0.2, 0.25) is 0 Å². The number of hydrogen-bond acceptors (Lipinski definition) is 7. The van der Waals surface area contributed by atoms with Gasteiger partial charge in [0.05, 0.1) is 43.6 Å². The van der Waals surface area contributed by atoms with Gasteiger partial charge in [0.15, 0.2) is 0 Å². The van der Waals surface area contributed by atoms with Crippen molar-refractivity contribution in [3.05, 3.63) is 77.2 Å². The first-order chi connectivity index (χ1) is 19.7. The molecule has 3 heterocycles. The van der Waals surface area contributed by atoms with Crippen molar-refractivity contribution in [1.29, 1.82) is 0 Å². The highest BCUT2D eigenvalue weighted by atomic mass is 19.4. The van der Waals surface area contributed by atoms with Crippen LogP contribution in [0.4, 0.5) is 18.9 Å². The summed E-state index contributed by atoms with van der Waals surface area (Å²) in [6.07, 6.45) is 2.30. The van der Waals surface area contributed by atoms with E-state index in [0.29, 0.717) is 34.8 Å². The zero-order valence-electron chi connectivity index (χ0n) is 22.8. The topological polar surface area (TPSA) is 94.4 Å². The van der Waals surface area contributed by atoms with Gasteiger partial charge in [-0.05, 0) is 68.8 Å². The van der Waals surface area contributed by atoms with Crippen molar-refractivity contribution in [2.75, 3.05) is 32.6 Å². The van der Waals surface area contributed by atoms with Gasteiger partial charge in [-0.1, -0.05) is 11.3 Å². The molecule has 0 unspecified atom stereocenters. The van der Waals surface area contributed by atoms with Gasteiger partial charge < -0.3 is 14.8 Å². The zero-order valence-corrected chi connectivity index (χ0v) is 22.8. The maximum Gasteiger partial charge on any atom is 0.416 e. The van der Waals surface area contributed by atoms with Crippen molar-refractivity contribution in [2.45, 2.75) is 32.5 Å². The van der Waals surface area contributed by atoms with Crippen LogP contribution >= 0.6 is 0 Å². The summed E-state index contributed by atoms with van der Waals surface area (Å²) < 4.78 is 53.7. The van der Waals surface area contributed by atoms with E-state index in [2.05, 4.69) is 25.5 Å². The highest BCUT2D eigenvalue weighted by Gasteiger charge is 2.33. The molecule has 0 aliphatic carbocycles. The number of nitrogens with one attached hydrogen (secondary N) is 1. The van der Waals surface area contributed by atoms with Gasteiger partial charge in [0.1, 0.15) is 17.2 Å². The van der Waals surface area contributed by atoms with E-state index in [1.54, 1.807) is 50.0 Å². The van der Waals surface area contributed by atoms with E-state index in [4.69, 9.17) is 9.47 Å². The first-order valence-corrected chi connectivity index (χ1v) is 13.0. The predicted molar refractivity (Wildman–Crippen MR) is 146 cm³/mol. The molecule has 12 heteroatoms. The van der Waals surface area contributed by atoms with Crippen LogP contribution in [0, 0.1) is 6.92 Å². The van der Waals surface area contributed by atoms with E-state index < -0.39 is 17.6 Å². The fourth-order valence-corrected chi connectivity index (χ4v) is 4.86. The molecule has 0 radical (unpaired) electrons. The summed E-state index contributed by atoms with van der Waals surface area (Å²) in [5.41, 5.74) is 2.34. The molecule has 1 amide bonds. The van der Waals surface area contributed by atoms with Crippen LogP contribution in [-0.4, -0.2) is 58.1 Å². The molecule has 1 fully saturated rings. The van der Waals surface area contributed by atoms with Crippen molar-refractivity contribution >= 4 is 11.6 Å². The minimum absolute atomic E-state index is 0.0442. The van der Waals surface area contributed by atoms with Crippen LogP contribution < -0.4 is 14.8 Å². The van der Waals surface area contributed by atoms with Gasteiger partial charge in [-0.2, -0.15) is 13.2 Å². The van der Waals surface area contributed by atoms with Gasteiger partial charge in [-0.3, -0.25) is 14.7 Å². The lowest BCUT2D eigenvalue weighted by Crippen LogP contribution is -2.21. The van der Waals surface area contributed by atoms with Gasteiger partial charge in [-0.25, -0.2) is 4.68 Å². The van der Waals surface area contributed by atoms with Crippen LogP contribution in [0.3, 0.4) is 0 Å². The van der Waals surface area contributed by atoms with Crippen LogP contribution in [0.15, 0.2) is 55.0 Å². The Balaban J connectivity index is 1.45. The highest BCUT2D eigenvalue weighted by Crippen LogP contribution is 2.39. The molecule has 0 saturated carbocycles. The number of carbonyl (C=O) groups is 1. The van der Waals surface area contributed by atoms with E-state index in [9.17, 15) is 18.0 Å². The summed E-state index contributed by atoms with van der Waals surface area (Å²) in [6, 6.07) is 8.73. The molecular weight excluding hydrogens is 537 g/mol. The van der Waals surface area contributed by atoms with Crippen LogP contribution in [0.1, 0.15) is 39.9 Å². The number of aromatic nitrogens is 4. The smallest absolute Gasteiger partial charge is 0.416 e. The zero-order chi connectivity index (χ0) is 29.1. The van der Waals surface area contributed by atoms with Crippen molar-refractivity contribution in [3.8, 4) is 28.4 Å². The Morgan fingerprint density at radius 1 is 1.05 bits per heavy atom. The summed E-state index contributed by atoms with van der Waals surface area (Å²) in [7, 11) is 2.93. The second-order valence-electron chi connectivity index (χ2n) is 9.81. The van der Waals surface area contributed by atoms with Crippen LogP contribution in [0.25, 0.3) is 16.9 Å². The number of benzene rings is 2. The summed E-state index contributed by atoms with van der Waals surface area (Å²) in [5.74, 6) is 0.187. The number of halogens is 3. The predicted octanol–water partition coefficient (Wildman–Crippen LogP) is 5.52. The summed E-state index contributed by atoms with van der Waals surface area (Å²) >= 11 is 0. The van der Waals surface area contributed by atoms with Gasteiger partial charge in [-0.15, -0.1) is 5.10 Å². The molecule has 4 aromatic rings. The normalized spacial score (nSPS) is 13.8. The lowest BCUT2D eigenvalue weighted by molar-refractivity contribution is -0.137. The van der Waals surface area contributed by atoms with Crippen LogP contribution in [0.5, 0.6) is 11.5 Å². The Hall–Kier alpha value is -4.45.